The first kappa shape index (κ1) is 14.6. The predicted octanol–water partition coefficient (Wildman–Crippen LogP) is -0.689. The molecule has 0 aromatic carbocycles. The number of aromatic nitrogens is 1. The topological polar surface area (TPSA) is 148 Å². The number of carbonyl (C=O) groups excluding carboxylic acids is 2. The maximum atomic E-state index is 11.6. The third-order valence-corrected chi connectivity index (χ3v) is 2.31. The standard InChI is InChI=1S/C11H14N4O4/c12-7(2-4-9(16)17)11(19)15-8-3-1-6(5-14-8)10(13)18/h1,3,5,7H,2,4,12H2,(H2,13,18)(H,16,17)(H,14,15,19)/t7-/m0/s1. The molecule has 0 saturated heterocycles. The minimum Gasteiger partial charge on any atom is -0.481 e. The van der Waals surface area contributed by atoms with E-state index in [1.165, 1.54) is 18.3 Å². The highest BCUT2D eigenvalue weighted by Gasteiger charge is 2.15. The van der Waals surface area contributed by atoms with Crippen molar-refractivity contribution in [1.82, 2.24) is 4.98 Å². The summed E-state index contributed by atoms with van der Waals surface area (Å²) in [4.78, 5) is 36.5. The molecular formula is C11H14N4O4. The molecule has 1 heterocycles. The molecule has 0 aliphatic carbocycles. The first-order valence-electron chi connectivity index (χ1n) is 5.44. The van der Waals surface area contributed by atoms with Crippen molar-refractivity contribution in [1.29, 1.82) is 0 Å². The van der Waals surface area contributed by atoms with E-state index in [0.29, 0.717) is 0 Å². The lowest BCUT2D eigenvalue weighted by Gasteiger charge is -2.10. The molecule has 102 valence electrons. The summed E-state index contributed by atoms with van der Waals surface area (Å²) < 4.78 is 0. The van der Waals surface area contributed by atoms with Gasteiger partial charge in [0.05, 0.1) is 11.6 Å². The van der Waals surface area contributed by atoms with Crippen molar-refractivity contribution in [2.75, 3.05) is 5.32 Å². The molecule has 1 rings (SSSR count). The molecule has 1 aromatic heterocycles. The fourth-order valence-electron chi connectivity index (χ4n) is 1.24. The zero-order chi connectivity index (χ0) is 14.4. The second-order valence-corrected chi connectivity index (χ2v) is 3.82. The van der Waals surface area contributed by atoms with Crippen molar-refractivity contribution in [3.05, 3.63) is 23.9 Å². The zero-order valence-electron chi connectivity index (χ0n) is 10.00. The molecule has 0 bridgehead atoms. The van der Waals surface area contributed by atoms with Crippen LogP contribution in [0, 0.1) is 0 Å². The first-order valence-corrected chi connectivity index (χ1v) is 5.44. The van der Waals surface area contributed by atoms with Crippen LogP contribution in [0.4, 0.5) is 5.82 Å². The van der Waals surface area contributed by atoms with Crippen molar-refractivity contribution in [2.24, 2.45) is 11.5 Å². The fraction of sp³-hybridized carbons (Fsp3) is 0.273. The Bertz CT molecular complexity index is 486. The molecule has 0 aliphatic rings. The summed E-state index contributed by atoms with van der Waals surface area (Å²) in [5.74, 6) is -1.97. The van der Waals surface area contributed by atoms with Gasteiger partial charge in [-0.3, -0.25) is 14.4 Å². The summed E-state index contributed by atoms with van der Waals surface area (Å²) in [7, 11) is 0. The summed E-state index contributed by atoms with van der Waals surface area (Å²) in [5, 5.41) is 10.9. The Balaban J connectivity index is 2.56. The summed E-state index contributed by atoms with van der Waals surface area (Å²) in [6, 6.07) is 1.88. The van der Waals surface area contributed by atoms with Gasteiger partial charge >= 0.3 is 5.97 Å². The van der Waals surface area contributed by atoms with Gasteiger partial charge in [-0.2, -0.15) is 0 Å². The third-order valence-electron chi connectivity index (χ3n) is 2.31. The van der Waals surface area contributed by atoms with E-state index >= 15 is 0 Å². The molecule has 6 N–H and O–H groups in total. The number of anilines is 1. The Morgan fingerprint density at radius 3 is 2.53 bits per heavy atom. The van der Waals surface area contributed by atoms with Crippen LogP contribution < -0.4 is 16.8 Å². The van der Waals surface area contributed by atoms with E-state index in [1.807, 2.05) is 0 Å². The van der Waals surface area contributed by atoms with Crippen LogP contribution in [0.3, 0.4) is 0 Å². The number of hydrogen-bond donors (Lipinski definition) is 4. The van der Waals surface area contributed by atoms with E-state index in [9.17, 15) is 14.4 Å². The first-order chi connectivity index (χ1) is 8.90. The van der Waals surface area contributed by atoms with E-state index in [2.05, 4.69) is 10.3 Å². The number of aliphatic carboxylic acids is 1. The summed E-state index contributed by atoms with van der Waals surface area (Å²) in [5.41, 5.74) is 10.8. The highest BCUT2D eigenvalue weighted by molar-refractivity contribution is 5.95. The number of rotatable bonds is 6. The quantitative estimate of drug-likeness (QED) is 0.535. The maximum Gasteiger partial charge on any atom is 0.303 e. The summed E-state index contributed by atoms with van der Waals surface area (Å²) >= 11 is 0. The van der Waals surface area contributed by atoms with Gasteiger partial charge in [-0.25, -0.2) is 4.98 Å². The lowest BCUT2D eigenvalue weighted by atomic mass is 10.1. The minimum atomic E-state index is -1.02. The van der Waals surface area contributed by atoms with Gasteiger partial charge in [0.1, 0.15) is 5.82 Å². The highest BCUT2D eigenvalue weighted by Crippen LogP contribution is 2.06. The summed E-state index contributed by atoms with van der Waals surface area (Å²) in [6.07, 6.45) is 1.06. The number of nitrogens with zero attached hydrogens (tertiary/aromatic N) is 1. The van der Waals surface area contributed by atoms with Crippen molar-refractivity contribution in [3.8, 4) is 0 Å². The van der Waals surface area contributed by atoms with E-state index in [1.54, 1.807) is 0 Å². The molecule has 0 aliphatic heterocycles. The highest BCUT2D eigenvalue weighted by atomic mass is 16.4. The number of carboxylic acids is 1. The monoisotopic (exact) mass is 266 g/mol. The number of carboxylic acid groups (broad SMARTS) is 1. The van der Waals surface area contributed by atoms with Gasteiger partial charge in [0.2, 0.25) is 11.8 Å². The molecule has 19 heavy (non-hydrogen) atoms. The molecule has 0 unspecified atom stereocenters. The Kier molecular flexibility index (Phi) is 4.95. The van der Waals surface area contributed by atoms with E-state index in [4.69, 9.17) is 16.6 Å². The SMILES string of the molecule is NC(=O)c1ccc(NC(=O)[C@@H](N)CCC(=O)O)nc1. The Morgan fingerprint density at radius 2 is 2.05 bits per heavy atom. The second kappa shape index (κ2) is 6.45. The smallest absolute Gasteiger partial charge is 0.303 e. The Hall–Kier alpha value is -2.48. The fourth-order valence-corrected chi connectivity index (χ4v) is 1.24. The van der Waals surface area contributed by atoms with Crippen LogP contribution in [-0.2, 0) is 9.59 Å². The van der Waals surface area contributed by atoms with Gasteiger partial charge in [-0.1, -0.05) is 0 Å². The largest absolute Gasteiger partial charge is 0.481 e. The van der Waals surface area contributed by atoms with Crippen LogP contribution >= 0.6 is 0 Å². The molecule has 2 amide bonds. The number of carbonyl (C=O) groups is 3. The normalized spacial score (nSPS) is 11.6. The summed E-state index contributed by atoms with van der Waals surface area (Å²) in [6.45, 7) is 0. The Morgan fingerprint density at radius 1 is 1.37 bits per heavy atom. The van der Waals surface area contributed by atoms with Gasteiger partial charge in [-0.05, 0) is 18.6 Å². The van der Waals surface area contributed by atoms with E-state index in [0.717, 1.165) is 0 Å². The number of hydrogen-bond acceptors (Lipinski definition) is 5. The minimum absolute atomic E-state index is 0.0283. The van der Waals surface area contributed by atoms with Gasteiger partial charge in [0, 0.05) is 12.6 Å². The number of pyridine rings is 1. The van der Waals surface area contributed by atoms with E-state index < -0.39 is 23.8 Å². The second-order valence-electron chi connectivity index (χ2n) is 3.82. The lowest BCUT2D eigenvalue weighted by molar-refractivity contribution is -0.137. The van der Waals surface area contributed by atoms with Gasteiger partial charge in [0.15, 0.2) is 0 Å². The lowest BCUT2D eigenvalue weighted by Crippen LogP contribution is -2.36. The molecule has 0 radical (unpaired) electrons. The van der Waals surface area contributed by atoms with Crippen molar-refractivity contribution in [2.45, 2.75) is 18.9 Å². The van der Waals surface area contributed by atoms with Gasteiger partial charge in [0.25, 0.3) is 0 Å². The van der Waals surface area contributed by atoms with Crippen molar-refractivity contribution < 1.29 is 19.5 Å². The molecule has 0 saturated carbocycles. The number of primary amides is 1. The average Bonchev–Trinajstić information content (AvgIpc) is 2.36. The van der Waals surface area contributed by atoms with Crippen LogP contribution in [0.2, 0.25) is 0 Å². The number of amides is 2. The zero-order valence-corrected chi connectivity index (χ0v) is 10.00. The maximum absolute atomic E-state index is 11.6. The Labute approximate surface area is 108 Å². The molecule has 1 atom stereocenters. The molecule has 8 nitrogen and oxygen atoms in total. The van der Waals surface area contributed by atoms with Crippen LogP contribution in [-0.4, -0.2) is 33.9 Å². The van der Waals surface area contributed by atoms with Crippen molar-refractivity contribution in [3.63, 3.8) is 0 Å². The predicted molar refractivity (Wildman–Crippen MR) is 66.2 cm³/mol. The van der Waals surface area contributed by atoms with E-state index in [-0.39, 0.29) is 24.2 Å². The van der Waals surface area contributed by atoms with Gasteiger partial charge < -0.3 is 21.9 Å². The van der Waals surface area contributed by atoms with Gasteiger partial charge in [-0.15, -0.1) is 0 Å². The molecule has 0 spiro atoms. The molecular weight excluding hydrogens is 252 g/mol. The van der Waals surface area contributed by atoms with Crippen LogP contribution in [0.25, 0.3) is 0 Å². The number of nitrogens with two attached hydrogens (primary N) is 2. The van der Waals surface area contributed by atoms with Crippen LogP contribution in [0.5, 0.6) is 0 Å². The van der Waals surface area contributed by atoms with Crippen LogP contribution in [0.15, 0.2) is 18.3 Å². The molecule has 8 heteroatoms. The molecule has 1 aromatic rings. The third kappa shape index (κ3) is 4.72. The number of nitrogens with one attached hydrogen (secondary N) is 1. The molecule has 0 fully saturated rings. The van der Waals surface area contributed by atoms with Crippen molar-refractivity contribution >= 4 is 23.6 Å². The van der Waals surface area contributed by atoms with Crippen LogP contribution in [0.1, 0.15) is 23.2 Å². The average molecular weight is 266 g/mol.